The summed E-state index contributed by atoms with van der Waals surface area (Å²) in [6, 6.07) is 7.68. The van der Waals surface area contributed by atoms with Crippen LogP contribution in [-0.4, -0.2) is 49.8 Å². The lowest BCUT2D eigenvalue weighted by molar-refractivity contribution is -0.137. The Labute approximate surface area is 225 Å². The van der Waals surface area contributed by atoms with Crippen molar-refractivity contribution >= 4 is 49.4 Å². The third-order valence-corrected chi connectivity index (χ3v) is 8.49. The maximum absolute atomic E-state index is 13.1. The zero-order valence-electron chi connectivity index (χ0n) is 19.8. The second kappa shape index (κ2) is 12.2. The molecule has 0 radical (unpaired) electrons. The van der Waals surface area contributed by atoms with Crippen molar-refractivity contribution in [2.24, 2.45) is 5.92 Å². The monoisotopic (exact) mass is 619 g/mol. The van der Waals surface area contributed by atoms with Crippen molar-refractivity contribution in [2.45, 2.75) is 42.8 Å². The van der Waals surface area contributed by atoms with E-state index in [9.17, 15) is 36.0 Å². The number of rotatable bonds is 8. The molecule has 0 heterocycles. The molecule has 2 aromatic rings. The standard InChI is InChI=1S/C24H25BrF3N3O6S/c25-16-6-8-17(9-7-16)38(36,37)13-14-3-1-2-4-19(14)30-21(32)12-29-22(33)18-11-15(24(26,27)28)5-10-20(18)31-23(34)35/h5-11,14,19,31H,1-4,12-13H2,(H,29,33)(H,30,32)(H,34,35). The Morgan fingerprint density at radius 3 is 2.32 bits per heavy atom. The molecule has 3 amide bonds. The molecule has 38 heavy (non-hydrogen) atoms. The van der Waals surface area contributed by atoms with E-state index in [1.165, 1.54) is 12.1 Å². The summed E-state index contributed by atoms with van der Waals surface area (Å²) < 4.78 is 65.9. The Kier molecular flexibility index (Phi) is 9.41. The third kappa shape index (κ3) is 7.93. The fourth-order valence-electron chi connectivity index (χ4n) is 4.26. The molecule has 14 heteroatoms. The number of sulfone groups is 1. The number of nitrogens with one attached hydrogen (secondary N) is 3. The largest absolute Gasteiger partial charge is 0.465 e. The van der Waals surface area contributed by atoms with Crippen LogP contribution in [0.5, 0.6) is 0 Å². The Hall–Kier alpha value is -3.13. The number of hydrogen-bond donors (Lipinski definition) is 4. The van der Waals surface area contributed by atoms with Crippen LogP contribution in [0.3, 0.4) is 0 Å². The van der Waals surface area contributed by atoms with Crippen LogP contribution in [0.25, 0.3) is 0 Å². The number of carboxylic acid groups (broad SMARTS) is 1. The second-order valence-corrected chi connectivity index (χ2v) is 11.8. The van der Waals surface area contributed by atoms with E-state index < -0.39 is 57.6 Å². The molecule has 1 aliphatic carbocycles. The molecule has 0 aliphatic heterocycles. The summed E-state index contributed by atoms with van der Waals surface area (Å²) in [7, 11) is -3.63. The van der Waals surface area contributed by atoms with Gasteiger partial charge in [0.2, 0.25) is 5.91 Å². The first-order valence-corrected chi connectivity index (χ1v) is 14.0. The van der Waals surface area contributed by atoms with Gasteiger partial charge >= 0.3 is 12.3 Å². The van der Waals surface area contributed by atoms with Gasteiger partial charge in [-0.2, -0.15) is 13.2 Å². The van der Waals surface area contributed by atoms with Gasteiger partial charge in [0.1, 0.15) is 0 Å². The number of benzene rings is 2. The minimum atomic E-state index is -4.78. The number of alkyl halides is 3. The van der Waals surface area contributed by atoms with E-state index >= 15 is 0 Å². The van der Waals surface area contributed by atoms with Gasteiger partial charge in [-0.3, -0.25) is 14.9 Å². The van der Waals surface area contributed by atoms with Gasteiger partial charge < -0.3 is 15.7 Å². The first-order valence-electron chi connectivity index (χ1n) is 11.5. The summed E-state index contributed by atoms with van der Waals surface area (Å²) in [5.74, 6) is -2.30. The maximum Gasteiger partial charge on any atom is 0.416 e. The van der Waals surface area contributed by atoms with Gasteiger partial charge in [-0.25, -0.2) is 13.2 Å². The van der Waals surface area contributed by atoms with E-state index in [1.807, 2.05) is 5.32 Å². The predicted octanol–water partition coefficient (Wildman–Crippen LogP) is 4.44. The van der Waals surface area contributed by atoms with Crippen molar-refractivity contribution in [2.75, 3.05) is 17.6 Å². The Bertz CT molecular complexity index is 1300. The second-order valence-electron chi connectivity index (χ2n) is 8.82. The van der Waals surface area contributed by atoms with Gasteiger partial charge in [-0.05, 0) is 61.2 Å². The first kappa shape index (κ1) is 29.4. The average Bonchev–Trinajstić information content (AvgIpc) is 2.83. The molecule has 0 spiro atoms. The van der Waals surface area contributed by atoms with Crippen molar-refractivity contribution in [1.82, 2.24) is 10.6 Å². The van der Waals surface area contributed by atoms with Gasteiger partial charge in [0.05, 0.1) is 34.0 Å². The molecule has 9 nitrogen and oxygen atoms in total. The van der Waals surface area contributed by atoms with Gasteiger partial charge in [-0.15, -0.1) is 0 Å². The Balaban J connectivity index is 1.66. The summed E-state index contributed by atoms with van der Waals surface area (Å²) in [6.07, 6.45) is -3.71. The Morgan fingerprint density at radius 1 is 1.03 bits per heavy atom. The number of carbonyl (C=O) groups is 3. The molecule has 1 aliphatic rings. The van der Waals surface area contributed by atoms with Gasteiger partial charge in [0, 0.05) is 10.5 Å². The van der Waals surface area contributed by atoms with E-state index in [4.69, 9.17) is 5.11 Å². The molecule has 4 N–H and O–H groups in total. The van der Waals surface area contributed by atoms with E-state index in [0.717, 1.165) is 23.4 Å². The van der Waals surface area contributed by atoms with Crippen LogP contribution in [0.1, 0.15) is 41.6 Å². The molecule has 3 rings (SSSR count). The summed E-state index contributed by atoms with van der Waals surface area (Å²) >= 11 is 3.26. The van der Waals surface area contributed by atoms with Crippen molar-refractivity contribution in [3.8, 4) is 0 Å². The minimum Gasteiger partial charge on any atom is -0.465 e. The highest BCUT2D eigenvalue weighted by Gasteiger charge is 2.33. The zero-order chi connectivity index (χ0) is 28.1. The van der Waals surface area contributed by atoms with Crippen molar-refractivity contribution in [3.05, 3.63) is 58.1 Å². The average molecular weight is 620 g/mol. The van der Waals surface area contributed by atoms with Crippen molar-refractivity contribution in [3.63, 3.8) is 0 Å². The lowest BCUT2D eigenvalue weighted by Gasteiger charge is -2.32. The Morgan fingerprint density at radius 2 is 1.68 bits per heavy atom. The SMILES string of the molecule is O=C(O)Nc1ccc(C(F)(F)F)cc1C(=O)NCC(=O)NC1CCCCC1CS(=O)(=O)c1ccc(Br)cc1. The molecule has 2 unspecified atom stereocenters. The molecule has 2 atom stereocenters. The van der Waals surface area contributed by atoms with E-state index in [1.54, 1.807) is 12.1 Å². The van der Waals surface area contributed by atoms with Crippen LogP contribution < -0.4 is 16.0 Å². The van der Waals surface area contributed by atoms with Gasteiger partial charge in [-0.1, -0.05) is 28.8 Å². The van der Waals surface area contributed by atoms with Crippen LogP contribution in [-0.2, 0) is 20.8 Å². The highest BCUT2D eigenvalue weighted by Crippen LogP contribution is 2.32. The van der Waals surface area contributed by atoms with Crippen LogP contribution in [0.2, 0.25) is 0 Å². The van der Waals surface area contributed by atoms with Gasteiger partial charge in [0.25, 0.3) is 5.91 Å². The molecule has 0 aromatic heterocycles. The molecular formula is C24H25BrF3N3O6S. The summed E-state index contributed by atoms with van der Waals surface area (Å²) in [5.41, 5.74) is -2.15. The summed E-state index contributed by atoms with van der Waals surface area (Å²) in [4.78, 5) is 36.3. The van der Waals surface area contributed by atoms with Crippen molar-refractivity contribution in [1.29, 1.82) is 0 Å². The lowest BCUT2D eigenvalue weighted by atomic mass is 9.86. The smallest absolute Gasteiger partial charge is 0.416 e. The zero-order valence-corrected chi connectivity index (χ0v) is 22.2. The van der Waals surface area contributed by atoms with Crippen molar-refractivity contribution < 1.29 is 41.1 Å². The van der Waals surface area contributed by atoms with E-state index in [2.05, 4.69) is 26.6 Å². The predicted molar refractivity (Wildman–Crippen MR) is 136 cm³/mol. The molecule has 1 fully saturated rings. The number of amides is 3. The minimum absolute atomic E-state index is 0.162. The molecule has 0 bridgehead atoms. The highest BCUT2D eigenvalue weighted by molar-refractivity contribution is 9.10. The normalized spacial score (nSPS) is 17.9. The highest BCUT2D eigenvalue weighted by atomic mass is 79.9. The van der Waals surface area contributed by atoms with Crippen LogP contribution >= 0.6 is 15.9 Å². The topological polar surface area (TPSA) is 142 Å². The molecule has 0 saturated heterocycles. The van der Waals surface area contributed by atoms with Crippen LogP contribution in [0.15, 0.2) is 51.8 Å². The van der Waals surface area contributed by atoms with E-state index in [-0.39, 0.29) is 22.3 Å². The first-order chi connectivity index (χ1) is 17.8. The number of anilines is 1. The van der Waals surface area contributed by atoms with E-state index in [0.29, 0.717) is 25.0 Å². The molecule has 1 saturated carbocycles. The molecule has 2 aromatic carbocycles. The van der Waals surface area contributed by atoms with Crippen LogP contribution in [0, 0.1) is 5.92 Å². The van der Waals surface area contributed by atoms with Crippen LogP contribution in [0.4, 0.5) is 23.7 Å². The number of halogens is 4. The fourth-order valence-corrected chi connectivity index (χ4v) is 6.23. The quantitative estimate of drug-likeness (QED) is 0.344. The lowest BCUT2D eigenvalue weighted by Crippen LogP contribution is -2.47. The molecule has 206 valence electrons. The third-order valence-electron chi connectivity index (χ3n) is 6.10. The summed E-state index contributed by atoms with van der Waals surface area (Å²) in [6.45, 7) is -0.607. The summed E-state index contributed by atoms with van der Waals surface area (Å²) in [5, 5.41) is 15.7. The molecular weight excluding hydrogens is 595 g/mol. The fraction of sp³-hybridized carbons (Fsp3) is 0.375. The maximum atomic E-state index is 13.1. The van der Waals surface area contributed by atoms with Gasteiger partial charge in [0.15, 0.2) is 9.84 Å². The number of hydrogen-bond acceptors (Lipinski definition) is 5. The number of carbonyl (C=O) groups excluding carboxylic acids is 2.